The van der Waals surface area contributed by atoms with Crippen LogP contribution in [0.15, 0.2) is 6.07 Å². The van der Waals surface area contributed by atoms with E-state index in [1.165, 1.54) is 17.4 Å². The van der Waals surface area contributed by atoms with Crippen LogP contribution in [-0.2, 0) is 13.0 Å². The molecule has 0 saturated carbocycles. The SMILES string of the molecule is CN1CCc2c(sc(NC(=O)c3cc(Cl)sc3Cl)c2C(N)=O)C1. The number of rotatable bonds is 3. The van der Waals surface area contributed by atoms with Gasteiger partial charge in [-0.25, -0.2) is 0 Å². The monoisotopic (exact) mass is 389 g/mol. The summed E-state index contributed by atoms with van der Waals surface area (Å²) >= 11 is 14.4. The first-order valence-corrected chi connectivity index (χ1v) is 9.14. The molecular weight excluding hydrogens is 377 g/mol. The quantitative estimate of drug-likeness (QED) is 0.843. The summed E-state index contributed by atoms with van der Waals surface area (Å²) in [5.41, 5.74) is 7.16. The fraction of sp³-hybridized carbons (Fsp3) is 0.286. The molecule has 0 fully saturated rings. The van der Waals surface area contributed by atoms with Crippen molar-refractivity contribution in [3.63, 3.8) is 0 Å². The van der Waals surface area contributed by atoms with Crippen LogP contribution in [0, 0.1) is 0 Å². The van der Waals surface area contributed by atoms with Crippen LogP contribution in [0.1, 0.15) is 31.2 Å². The van der Waals surface area contributed by atoms with Crippen molar-refractivity contribution in [2.24, 2.45) is 5.73 Å². The van der Waals surface area contributed by atoms with E-state index in [1.807, 2.05) is 7.05 Å². The zero-order chi connectivity index (χ0) is 16.7. The van der Waals surface area contributed by atoms with Gasteiger partial charge in [-0.3, -0.25) is 9.59 Å². The van der Waals surface area contributed by atoms with Crippen LogP contribution in [0.4, 0.5) is 5.00 Å². The number of thiophene rings is 2. The number of carbonyl (C=O) groups is 2. The maximum atomic E-state index is 12.4. The minimum Gasteiger partial charge on any atom is -0.365 e. The number of primary amides is 1. The molecule has 0 bridgehead atoms. The first-order valence-electron chi connectivity index (χ1n) is 6.76. The Bertz CT molecular complexity index is 800. The molecule has 3 heterocycles. The molecule has 9 heteroatoms. The maximum Gasteiger partial charge on any atom is 0.258 e. The molecule has 5 nitrogen and oxygen atoms in total. The van der Waals surface area contributed by atoms with Crippen molar-refractivity contribution in [1.29, 1.82) is 0 Å². The van der Waals surface area contributed by atoms with Crippen molar-refractivity contribution in [3.8, 4) is 0 Å². The second-order valence-electron chi connectivity index (χ2n) is 5.25. The topological polar surface area (TPSA) is 75.4 Å². The first kappa shape index (κ1) is 16.7. The van der Waals surface area contributed by atoms with Gasteiger partial charge in [-0.05, 0) is 25.1 Å². The molecule has 23 heavy (non-hydrogen) atoms. The normalized spacial score (nSPS) is 14.6. The summed E-state index contributed by atoms with van der Waals surface area (Å²) in [5.74, 6) is -0.926. The highest BCUT2D eigenvalue weighted by molar-refractivity contribution is 7.20. The third kappa shape index (κ3) is 3.25. The number of carbonyl (C=O) groups excluding carboxylic acids is 2. The van der Waals surface area contributed by atoms with E-state index in [4.69, 9.17) is 28.9 Å². The van der Waals surface area contributed by atoms with Crippen molar-refractivity contribution in [2.75, 3.05) is 18.9 Å². The van der Waals surface area contributed by atoms with Gasteiger partial charge in [-0.1, -0.05) is 23.2 Å². The van der Waals surface area contributed by atoms with Gasteiger partial charge in [-0.2, -0.15) is 0 Å². The minimum absolute atomic E-state index is 0.292. The number of likely N-dealkylation sites (N-methyl/N-ethyl adjacent to an activating group) is 1. The van der Waals surface area contributed by atoms with Gasteiger partial charge < -0.3 is 16.0 Å². The Labute approximate surface area is 151 Å². The molecule has 0 atom stereocenters. The lowest BCUT2D eigenvalue weighted by molar-refractivity contribution is 0.1000. The Morgan fingerprint density at radius 1 is 1.35 bits per heavy atom. The highest BCUT2D eigenvalue weighted by atomic mass is 35.5. The van der Waals surface area contributed by atoms with E-state index in [0.717, 1.165) is 41.3 Å². The molecule has 0 saturated heterocycles. The van der Waals surface area contributed by atoms with E-state index in [1.54, 1.807) is 0 Å². The summed E-state index contributed by atoms with van der Waals surface area (Å²) < 4.78 is 0.747. The summed E-state index contributed by atoms with van der Waals surface area (Å²) in [4.78, 5) is 27.5. The minimum atomic E-state index is -0.531. The van der Waals surface area contributed by atoms with Gasteiger partial charge in [-0.15, -0.1) is 22.7 Å². The molecule has 122 valence electrons. The number of hydrogen-bond acceptors (Lipinski definition) is 5. The number of fused-ring (bicyclic) bond motifs is 1. The Balaban J connectivity index is 1.95. The average molecular weight is 390 g/mol. The highest BCUT2D eigenvalue weighted by Gasteiger charge is 2.27. The molecule has 3 N–H and O–H groups in total. The lowest BCUT2D eigenvalue weighted by Crippen LogP contribution is -2.27. The number of nitrogens with two attached hydrogens (primary N) is 1. The Morgan fingerprint density at radius 3 is 2.70 bits per heavy atom. The third-order valence-corrected chi connectivity index (χ3v) is 6.24. The predicted octanol–water partition coefficient (Wildman–Crippen LogP) is 3.46. The summed E-state index contributed by atoms with van der Waals surface area (Å²) in [5, 5.41) is 3.23. The van der Waals surface area contributed by atoms with E-state index in [0.29, 0.717) is 24.8 Å². The van der Waals surface area contributed by atoms with Crippen molar-refractivity contribution < 1.29 is 9.59 Å². The number of anilines is 1. The second kappa shape index (κ2) is 6.41. The zero-order valence-electron chi connectivity index (χ0n) is 12.1. The first-order chi connectivity index (χ1) is 10.9. The zero-order valence-corrected chi connectivity index (χ0v) is 15.3. The maximum absolute atomic E-state index is 12.4. The Morgan fingerprint density at radius 2 is 2.09 bits per heavy atom. The van der Waals surface area contributed by atoms with Crippen LogP contribution < -0.4 is 11.1 Å². The molecule has 0 aromatic carbocycles. The fourth-order valence-corrected chi connectivity index (χ4v) is 5.33. The molecule has 3 rings (SSSR count). The van der Waals surface area contributed by atoms with Gasteiger partial charge in [0, 0.05) is 18.0 Å². The summed E-state index contributed by atoms with van der Waals surface area (Å²) in [6, 6.07) is 1.51. The molecule has 2 aromatic rings. The van der Waals surface area contributed by atoms with Crippen LogP contribution in [0.5, 0.6) is 0 Å². The molecule has 0 spiro atoms. The number of nitrogens with one attached hydrogen (secondary N) is 1. The van der Waals surface area contributed by atoms with Crippen LogP contribution in [0.3, 0.4) is 0 Å². The fourth-order valence-electron chi connectivity index (χ4n) is 2.55. The summed E-state index contributed by atoms with van der Waals surface area (Å²) in [6.45, 7) is 1.59. The summed E-state index contributed by atoms with van der Waals surface area (Å²) in [7, 11) is 2.01. The van der Waals surface area contributed by atoms with Crippen LogP contribution in [0.25, 0.3) is 0 Å². The van der Waals surface area contributed by atoms with Crippen molar-refractivity contribution in [2.45, 2.75) is 13.0 Å². The number of halogens is 2. The molecule has 1 aliphatic rings. The molecule has 1 aliphatic heterocycles. The van der Waals surface area contributed by atoms with Gasteiger partial charge in [0.15, 0.2) is 0 Å². The van der Waals surface area contributed by atoms with Crippen LogP contribution in [-0.4, -0.2) is 30.3 Å². The van der Waals surface area contributed by atoms with E-state index in [9.17, 15) is 9.59 Å². The molecule has 0 unspecified atom stereocenters. The van der Waals surface area contributed by atoms with Crippen LogP contribution in [0.2, 0.25) is 8.67 Å². The van der Waals surface area contributed by atoms with Crippen LogP contribution >= 0.6 is 45.9 Å². The van der Waals surface area contributed by atoms with Crippen molar-refractivity contribution in [3.05, 3.63) is 36.3 Å². The Kier molecular flexibility index (Phi) is 4.66. The Hall–Kier alpha value is -1.12. The van der Waals surface area contributed by atoms with E-state index < -0.39 is 11.8 Å². The van der Waals surface area contributed by atoms with E-state index in [-0.39, 0.29) is 0 Å². The van der Waals surface area contributed by atoms with Gasteiger partial charge in [0.05, 0.1) is 15.5 Å². The largest absolute Gasteiger partial charge is 0.365 e. The van der Waals surface area contributed by atoms with Gasteiger partial charge in [0.1, 0.15) is 9.34 Å². The number of amides is 2. The summed E-state index contributed by atoms with van der Waals surface area (Å²) in [6.07, 6.45) is 0.738. The lowest BCUT2D eigenvalue weighted by atomic mass is 10.0. The average Bonchev–Trinajstić information content (AvgIpc) is 2.97. The number of nitrogens with zero attached hydrogens (tertiary/aromatic N) is 1. The predicted molar refractivity (Wildman–Crippen MR) is 95.2 cm³/mol. The smallest absolute Gasteiger partial charge is 0.258 e. The third-order valence-electron chi connectivity index (χ3n) is 3.62. The number of hydrogen-bond donors (Lipinski definition) is 2. The van der Waals surface area contributed by atoms with Gasteiger partial charge >= 0.3 is 0 Å². The lowest BCUT2D eigenvalue weighted by Gasteiger charge is -2.22. The molecule has 0 radical (unpaired) electrons. The van der Waals surface area contributed by atoms with Gasteiger partial charge in [0.25, 0.3) is 11.8 Å². The standard InChI is InChI=1S/C14H13Cl2N3O2S2/c1-19-3-2-6-8(5-19)22-14(10(6)12(17)20)18-13(21)7-4-9(15)23-11(7)16/h4H,2-3,5H2,1H3,(H2,17,20)(H,18,21). The van der Waals surface area contributed by atoms with E-state index >= 15 is 0 Å². The van der Waals surface area contributed by atoms with Gasteiger partial charge in [0.2, 0.25) is 0 Å². The molecule has 2 aromatic heterocycles. The van der Waals surface area contributed by atoms with E-state index in [2.05, 4.69) is 10.2 Å². The molecular formula is C14H13Cl2N3O2S2. The molecule has 2 amide bonds. The molecule has 0 aliphatic carbocycles. The van der Waals surface area contributed by atoms with Crippen molar-refractivity contribution in [1.82, 2.24) is 4.90 Å². The van der Waals surface area contributed by atoms with Crippen molar-refractivity contribution >= 4 is 62.7 Å². The highest BCUT2D eigenvalue weighted by Crippen LogP contribution is 2.38. The second-order valence-corrected chi connectivity index (χ2v) is 8.64.